The molecule has 2 aromatic carbocycles. The number of morpholine rings is 1. The summed E-state index contributed by atoms with van der Waals surface area (Å²) in [5, 5.41) is 6.26. The van der Waals surface area contributed by atoms with E-state index in [2.05, 4.69) is 10.6 Å². The van der Waals surface area contributed by atoms with Crippen LogP contribution in [0.25, 0.3) is 0 Å². The third-order valence-electron chi connectivity index (χ3n) is 4.35. The van der Waals surface area contributed by atoms with E-state index in [1.165, 1.54) is 17.5 Å². The van der Waals surface area contributed by atoms with Crippen molar-refractivity contribution in [3.63, 3.8) is 0 Å². The van der Waals surface area contributed by atoms with E-state index in [1.807, 2.05) is 18.2 Å². The van der Waals surface area contributed by atoms with Crippen LogP contribution in [0.5, 0.6) is 11.5 Å². The minimum Gasteiger partial charge on any atom is -0.497 e. The van der Waals surface area contributed by atoms with Crippen LogP contribution in [0, 0.1) is 0 Å². The number of benzene rings is 2. The first kappa shape index (κ1) is 21.3. The Morgan fingerprint density at radius 2 is 1.72 bits per heavy atom. The van der Waals surface area contributed by atoms with Crippen LogP contribution in [-0.4, -0.2) is 58.4 Å². The summed E-state index contributed by atoms with van der Waals surface area (Å²) in [7, 11) is -0.683. The minimum absolute atomic E-state index is 0.0912. The van der Waals surface area contributed by atoms with Gasteiger partial charge in [-0.25, -0.2) is 8.42 Å². The zero-order valence-corrected chi connectivity index (χ0v) is 17.8. The van der Waals surface area contributed by atoms with Crippen LogP contribution in [0.3, 0.4) is 0 Å². The van der Waals surface area contributed by atoms with Crippen molar-refractivity contribution in [1.82, 2.24) is 4.31 Å². The number of nitrogens with one attached hydrogen (secondary N) is 2. The van der Waals surface area contributed by atoms with Gasteiger partial charge in [0, 0.05) is 30.9 Å². The second kappa shape index (κ2) is 9.40. The van der Waals surface area contributed by atoms with E-state index in [-0.39, 0.29) is 10.0 Å². The second-order valence-corrected chi connectivity index (χ2v) is 8.50. The van der Waals surface area contributed by atoms with Crippen LogP contribution in [0.15, 0.2) is 47.4 Å². The van der Waals surface area contributed by atoms with Gasteiger partial charge in [0.05, 0.1) is 33.1 Å². The van der Waals surface area contributed by atoms with Crippen molar-refractivity contribution in [2.45, 2.75) is 4.90 Å². The van der Waals surface area contributed by atoms with E-state index in [0.717, 1.165) is 0 Å². The summed E-state index contributed by atoms with van der Waals surface area (Å²) in [6, 6.07) is 12.1. The molecule has 0 bridgehead atoms. The zero-order chi connectivity index (χ0) is 20.9. The van der Waals surface area contributed by atoms with Crippen molar-refractivity contribution in [3.05, 3.63) is 42.5 Å². The van der Waals surface area contributed by atoms with Crippen molar-refractivity contribution in [2.24, 2.45) is 0 Å². The third kappa shape index (κ3) is 5.15. The van der Waals surface area contributed by atoms with Crippen LogP contribution >= 0.6 is 12.2 Å². The van der Waals surface area contributed by atoms with Crippen molar-refractivity contribution >= 4 is 38.7 Å². The quantitative estimate of drug-likeness (QED) is 0.667. The number of thiocarbonyl (C=S) groups is 1. The topological polar surface area (TPSA) is 89.1 Å². The average molecular weight is 438 g/mol. The summed E-state index contributed by atoms with van der Waals surface area (Å²) < 4.78 is 43.5. The smallest absolute Gasteiger partial charge is 0.245 e. The van der Waals surface area contributed by atoms with Gasteiger partial charge in [-0.15, -0.1) is 0 Å². The van der Waals surface area contributed by atoms with Crippen molar-refractivity contribution in [3.8, 4) is 11.5 Å². The first-order chi connectivity index (χ1) is 13.9. The lowest BCUT2D eigenvalue weighted by Gasteiger charge is -2.27. The highest BCUT2D eigenvalue weighted by atomic mass is 32.2. The molecule has 2 N–H and O–H groups in total. The summed E-state index contributed by atoms with van der Waals surface area (Å²) in [5.41, 5.74) is 1.07. The van der Waals surface area contributed by atoms with Crippen molar-refractivity contribution < 1.29 is 22.6 Å². The van der Waals surface area contributed by atoms with E-state index in [0.29, 0.717) is 49.2 Å². The van der Waals surface area contributed by atoms with Gasteiger partial charge in [0.2, 0.25) is 10.0 Å². The van der Waals surface area contributed by atoms with Gasteiger partial charge in [-0.05, 0) is 36.5 Å². The molecule has 2 aromatic rings. The highest BCUT2D eigenvalue weighted by Crippen LogP contribution is 2.30. The van der Waals surface area contributed by atoms with Crippen LogP contribution in [0.4, 0.5) is 11.4 Å². The summed E-state index contributed by atoms with van der Waals surface area (Å²) in [6.45, 7) is 1.32. The lowest BCUT2D eigenvalue weighted by atomic mass is 10.3. The van der Waals surface area contributed by atoms with E-state index in [4.69, 9.17) is 26.4 Å². The Kier molecular flexibility index (Phi) is 6.91. The molecule has 0 atom stereocenters. The molecule has 1 fully saturated rings. The van der Waals surface area contributed by atoms with E-state index < -0.39 is 10.0 Å². The second-order valence-electron chi connectivity index (χ2n) is 6.19. The van der Waals surface area contributed by atoms with Crippen LogP contribution in [0.2, 0.25) is 0 Å². The number of hydrogen-bond donors (Lipinski definition) is 2. The molecule has 1 aliphatic heterocycles. The normalized spacial score (nSPS) is 14.8. The Morgan fingerprint density at radius 1 is 1.03 bits per heavy atom. The molecule has 156 valence electrons. The molecule has 0 unspecified atom stereocenters. The number of sulfonamides is 1. The summed E-state index contributed by atoms with van der Waals surface area (Å²) in [5.74, 6) is 1.12. The van der Waals surface area contributed by atoms with Crippen molar-refractivity contribution in [1.29, 1.82) is 0 Å². The van der Waals surface area contributed by atoms with Gasteiger partial charge >= 0.3 is 0 Å². The van der Waals surface area contributed by atoms with Crippen LogP contribution < -0.4 is 20.1 Å². The van der Waals surface area contributed by atoms with Gasteiger partial charge in [0.15, 0.2) is 5.11 Å². The largest absolute Gasteiger partial charge is 0.497 e. The van der Waals surface area contributed by atoms with E-state index in [9.17, 15) is 8.42 Å². The SMILES string of the molecule is COc1cccc(NC(=S)Nc2ccc(OC)cc2S(=O)(=O)N2CCOCC2)c1. The Bertz CT molecular complexity index is 976. The molecule has 0 amide bonds. The minimum atomic E-state index is -3.75. The third-order valence-corrected chi connectivity index (χ3v) is 6.50. The number of nitrogens with zero attached hydrogens (tertiary/aromatic N) is 1. The molecule has 0 spiro atoms. The molecule has 1 saturated heterocycles. The Labute approximate surface area is 175 Å². The maximum absolute atomic E-state index is 13.2. The summed E-state index contributed by atoms with van der Waals surface area (Å²) in [6.07, 6.45) is 0. The molecule has 0 saturated carbocycles. The Balaban J connectivity index is 1.85. The summed E-state index contributed by atoms with van der Waals surface area (Å²) >= 11 is 5.38. The van der Waals surface area contributed by atoms with E-state index >= 15 is 0 Å². The fourth-order valence-corrected chi connectivity index (χ4v) is 4.66. The lowest BCUT2D eigenvalue weighted by Crippen LogP contribution is -2.41. The number of methoxy groups -OCH3 is 2. The van der Waals surface area contributed by atoms with Gasteiger partial charge in [-0.1, -0.05) is 6.07 Å². The number of hydrogen-bond acceptors (Lipinski definition) is 6. The standard InChI is InChI=1S/C19H23N3O5S2/c1-25-15-5-3-4-14(12-15)20-19(28)21-17-7-6-16(26-2)13-18(17)29(23,24)22-8-10-27-11-9-22/h3-7,12-13H,8-11H2,1-2H3,(H2,20,21,28). The number of ether oxygens (including phenoxy) is 3. The average Bonchev–Trinajstić information content (AvgIpc) is 2.74. The lowest BCUT2D eigenvalue weighted by molar-refractivity contribution is 0.0730. The molecule has 8 nitrogen and oxygen atoms in total. The molecule has 1 heterocycles. The van der Waals surface area contributed by atoms with Gasteiger partial charge in [-0.2, -0.15) is 4.31 Å². The van der Waals surface area contributed by atoms with Crippen LogP contribution in [-0.2, 0) is 14.8 Å². The van der Waals surface area contributed by atoms with Gasteiger partial charge in [-0.3, -0.25) is 0 Å². The highest BCUT2D eigenvalue weighted by Gasteiger charge is 2.29. The molecule has 0 radical (unpaired) electrons. The molecule has 0 aromatic heterocycles. The van der Waals surface area contributed by atoms with E-state index in [1.54, 1.807) is 25.3 Å². The molecular formula is C19H23N3O5S2. The van der Waals surface area contributed by atoms with Gasteiger partial charge in [0.1, 0.15) is 16.4 Å². The Morgan fingerprint density at radius 3 is 2.41 bits per heavy atom. The van der Waals surface area contributed by atoms with Gasteiger partial charge in [0.25, 0.3) is 0 Å². The maximum atomic E-state index is 13.2. The maximum Gasteiger partial charge on any atom is 0.245 e. The predicted molar refractivity (Wildman–Crippen MR) is 115 cm³/mol. The molecule has 29 heavy (non-hydrogen) atoms. The fraction of sp³-hybridized carbons (Fsp3) is 0.316. The highest BCUT2D eigenvalue weighted by molar-refractivity contribution is 7.89. The molecule has 3 rings (SSSR count). The molecule has 0 aliphatic carbocycles. The first-order valence-electron chi connectivity index (χ1n) is 8.92. The molecular weight excluding hydrogens is 414 g/mol. The number of anilines is 2. The Hall–Kier alpha value is -2.40. The fourth-order valence-electron chi connectivity index (χ4n) is 2.86. The number of rotatable bonds is 6. The first-order valence-corrected chi connectivity index (χ1v) is 10.8. The predicted octanol–water partition coefficient (Wildman–Crippen LogP) is 2.53. The zero-order valence-electron chi connectivity index (χ0n) is 16.2. The monoisotopic (exact) mass is 437 g/mol. The van der Waals surface area contributed by atoms with Crippen LogP contribution in [0.1, 0.15) is 0 Å². The molecule has 10 heteroatoms. The van der Waals surface area contributed by atoms with Gasteiger partial charge < -0.3 is 24.8 Å². The summed E-state index contributed by atoms with van der Waals surface area (Å²) in [4.78, 5) is 0.0912. The molecule has 1 aliphatic rings. The van der Waals surface area contributed by atoms with Crippen molar-refractivity contribution in [2.75, 3.05) is 51.2 Å².